The number of amides is 1. The first-order chi connectivity index (χ1) is 14.8. The Bertz CT molecular complexity index is 982. The lowest BCUT2D eigenvalue weighted by Crippen LogP contribution is -2.46. The number of ether oxygens (including phenoxy) is 1. The number of carbonyl (C=O) groups is 1. The molecule has 2 aromatic carbocycles. The summed E-state index contributed by atoms with van der Waals surface area (Å²) in [5.74, 6) is 0.421. The van der Waals surface area contributed by atoms with Crippen LogP contribution in [0.1, 0.15) is 44.0 Å². The Kier molecular flexibility index (Phi) is 7.56. The summed E-state index contributed by atoms with van der Waals surface area (Å²) >= 11 is 0. The number of nitrogens with one attached hydrogen (secondary N) is 2. The summed E-state index contributed by atoms with van der Waals surface area (Å²) in [5, 5.41) is 3.05. The molecule has 0 radical (unpaired) electrons. The molecule has 0 bridgehead atoms. The molecule has 0 atom stereocenters. The molecule has 31 heavy (non-hydrogen) atoms. The van der Waals surface area contributed by atoms with Crippen molar-refractivity contribution in [2.24, 2.45) is 0 Å². The van der Waals surface area contributed by atoms with Gasteiger partial charge in [0.1, 0.15) is 5.75 Å². The van der Waals surface area contributed by atoms with Crippen molar-refractivity contribution in [3.8, 4) is 5.75 Å². The lowest BCUT2D eigenvalue weighted by atomic mass is 10.0. The number of sulfonamides is 1. The van der Waals surface area contributed by atoms with Crippen LogP contribution in [0.25, 0.3) is 0 Å². The molecule has 0 spiro atoms. The molecule has 8 heteroatoms. The van der Waals surface area contributed by atoms with Crippen LogP contribution in [-0.2, 0) is 10.0 Å². The lowest BCUT2D eigenvalue weighted by Gasteiger charge is -2.34. The molecule has 2 N–H and O–H groups in total. The second-order valence-corrected chi connectivity index (χ2v) is 9.65. The molecule has 1 aliphatic rings. The Morgan fingerprint density at radius 1 is 1.13 bits per heavy atom. The molecule has 1 aliphatic heterocycles. The van der Waals surface area contributed by atoms with Crippen LogP contribution in [0.3, 0.4) is 0 Å². The van der Waals surface area contributed by atoms with Crippen LogP contribution >= 0.6 is 0 Å². The van der Waals surface area contributed by atoms with Crippen molar-refractivity contribution in [1.82, 2.24) is 10.2 Å². The van der Waals surface area contributed by atoms with E-state index >= 15 is 0 Å². The van der Waals surface area contributed by atoms with Gasteiger partial charge in [-0.05, 0) is 76.1 Å². The monoisotopic (exact) mass is 445 g/mol. The normalized spacial score (nSPS) is 15.6. The molecule has 0 unspecified atom stereocenters. The Hall–Kier alpha value is -2.58. The second kappa shape index (κ2) is 10.2. The fourth-order valence-corrected chi connectivity index (χ4v) is 4.74. The summed E-state index contributed by atoms with van der Waals surface area (Å²) in [6.45, 7) is 8.66. The molecule has 1 amide bonds. The van der Waals surface area contributed by atoms with Gasteiger partial charge in [-0.25, -0.2) is 8.42 Å². The van der Waals surface area contributed by atoms with Crippen molar-refractivity contribution in [3.05, 3.63) is 54.1 Å². The number of piperidine rings is 1. The van der Waals surface area contributed by atoms with Crippen molar-refractivity contribution in [2.45, 2.75) is 50.6 Å². The average molecular weight is 446 g/mol. The minimum absolute atomic E-state index is 0.0451. The van der Waals surface area contributed by atoms with Gasteiger partial charge in [0.05, 0.1) is 11.5 Å². The second-order valence-electron chi connectivity index (χ2n) is 7.97. The number of benzene rings is 2. The third-order valence-corrected chi connectivity index (χ3v) is 6.80. The predicted octanol–water partition coefficient (Wildman–Crippen LogP) is 3.49. The van der Waals surface area contributed by atoms with Crippen LogP contribution in [0.2, 0.25) is 0 Å². The first-order valence-corrected chi connectivity index (χ1v) is 12.2. The molecule has 168 valence electrons. The van der Waals surface area contributed by atoms with Crippen molar-refractivity contribution in [1.29, 1.82) is 0 Å². The summed E-state index contributed by atoms with van der Waals surface area (Å²) in [6.07, 6.45) is 1.78. The van der Waals surface area contributed by atoms with Gasteiger partial charge in [-0.3, -0.25) is 9.52 Å². The fraction of sp³-hybridized carbons (Fsp3) is 0.435. The summed E-state index contributed by atoms with van der Waals surface area (Å²) in [7, 11) is -3.82. The summed E-state index contributed by atoms with van der Waals surface area (Å²) in [6, 6.07) is 13.4. The highest BCUT2D eigenvalue weighted by Gasteiger charge is 2.23. The molecule has 7 nitrogen and oxygen atoms in total. The van der Waals surface area contributed by atoms with E-state index in [1.54, 1.807) is 36.4 Å². The van der Waals surface area contributed by atoms with E-state index in [9.17, 15) is 13.2 Å². The lowest BCUT2D eigenvalue weighted by molar-refractivity contribution is 0.0900. The fourth-order valence-electron chi connectivity index (χ4n) is 3.63. The maximum absolute atomic E-state index is 12.8. The number of rotatable bonds is 8. The number of anilines is 1. The third kappa shape index (κ3) is 6.21. The quantitative estimate of drug-likeness (QED) is 0.649. The number of hydrogen-bond donors (Lipinski definition) is 2. The molecule has 0 saturated carbocycles. The van der Waals surface area contributed by atoms with Gasteiger partial charge in [0.25, 0.3) is 15.9 Å². The average Bonchev–Trinajstić information content (AvgIpc) is 2.75. The van der Waals surface area contributed by atoms with Gasteiger partial charge in [0, 0.05) is 36.4 Å². The van der Waals surface area contributed by atoms with Gasteiger partial charge in [-0.2, -0.15) is 0 Å². The van der Waals surface area contributed by atoms with Gasteiger partial charge in [0.15, 0.2) is 0 Å². The number of likely N-dealkylation sites (tertiary alicyclic amines) is 1. The van der Waals surface area contributed by atoms with E-state index in [0.29, 0.717) is 29.6 Å². The minimum atomic E-state index is -3.82. The number of nitrogens with zero attached hydrogens (tertiary/aromatic N) is 1. The van der Waals surface area contributed by atoms with Gasteiger partial charge in [-0.1, -0.05) is 6.07 Å². The van der Waals surface area contributed by atoms with Crippen LogP contribution in [-0.4, -0.2) is 51.0 Å². The van der Waals surface area contributed by atoms with Gasteiger partial charge in [0.2, 0.25) is 0 Å². The molecule has 1 saturated heterocycles. The van der Waals surface area contributed by atoms with Crippen molar-refractivity contribution in [3.63, 3.8) is 0 Å². The van der Waals surface area contributed by atoms with E-state index in [4.69, 9.17) is 4.74 Å². The minimum Gasteiger partial charge on any atom is -0.494 e. The van der Waals surface area contributed by atoms with Gasteiger partial charge in [-0.15, -0.1) is 0 Å². The SMILES string of the molecule is CCOc1ccc(NS(=O)(=O)c2cccc(C(=O)NC3CCN(C(C)C)CC3)c2)cc1. The van der Waals surface area contributed by atoms with Crippen LogP contribution in [0.15, 0.2) is 53.4 Å². The van der Waals surface area contributed by atoms with Crippen molar-refractivity contribution >= 4 is 21.6 Å². The molecular formula is C23H31N3O4S. The van der Waals surface area contributed by atoms with Crippen LogP contribution in [0.5, 0.6) is 5.75 Å². The summed E-state index contributed by atoms with van der Waals surface area (Å²) in [5.41, 5.74) is 0.760. The highest BCUT2D eigenvalue weighted by molar-refractivity contribution is 7.92. The van der Waals surface area contributed by atoms with Crippen LogP contribution in [0, 0.1) is 0 Å². The van der Waals surface area contributed by atoms with E-state index in [0.717, 1.165) is 25.9 Å². The zero-order valence-corrected chi connectivity index (χ0v) is 19.1. The van der Waals surface area contributed by atoms with E-state index in [2.05, 4.69) is 28.8 Å². The van der Waals surface area contributed by atoms with E-state index in [1.165, 1.54) is 12.1 Å². The van der Waals surface area contributed by atoms with Crippen LogP contribution < -0.4 is 14.8 Å². The van der Waals surface area contributed by atoms with Gasteiger partial charge < -0.3 is 15.0 Å². The Morgan fingerprint density at radius 3 is 2.42 bits per heavy atom. The topological polar surface area (TPSA) is 87.7 Å². The third-order valence-electron chi connectivity index (χ3n) is 5.42. The molecular weight excluding hydrogens is 414 g/mol. The van der Waals surface area contributed by atoms with Crippen LogP contribution in [0.4, 0.5) is 5.69 Å². The Morgan fingerprint density at radius 2 is 1.81 bits per heavy atom. The predicted molar refractivity (Wildman–Crippen MR) is 122 cm³/mol. The van der Waals surface area contributed by atoms with Gasteiger partial charge >= 0.3 is 0 Å². The molecule has 3 rings (SSSR count). The van der Waals surface area contributed by atoms with Crippen molar-refractivity contribution < 1.29 is 17.9 Å². The molecule has 1 heterocycles. The van der Waals surface area contributed by atoms with E-state index < -0.39 is 10.0 Å². The maximum Gasteiger partial charge on any atom is 0.261 e. The number of carbonyl (C=O) groups excluding carboxylic acids is 1. The van der Waals surface area contributed by atoms with Crippen molar-refractivity contribution in [2.75, 3.05) is 24.4 Å². The standard InChI is InChI=1S/C23H31N3O4S/c1-4-30-21-10-8-20(9-11-21)25-31(28,29)22-7-5-6-18(16-22)23(27)24-19-12-14-26(15-13-19)17(2)3/h5-11,16-17,19,25H,4,12-15H2,1-3H3,(H,24,27). The zero-order valence-electron chi connectivity index (χ0n) is 18.3. The summed E-state index contributed by atoms with van der Waals surface area (Å²) < 4.78 is 33.5. The molecule has 1 fully saturated rings. The van der Waals surface area contributed by atoms with E-state index in [1.807, 2.05) is 6.92 Å². The maximum atomic E-state index is 12.8. The molecule has 0 aliphatic carbocycles. The highest BCUT2D eigenvalue weighted by Crippen LogP contribution is 2.21. The Balaban J connectivity index is 1.65. The molecule has 0 aromatic heterocycles. The van der Waals surface area contributed by atoms with E-state index in [-0.39, 0.29) is 16.8 Å². The summed E-state index contributed by atoms with van der Waals surface area (Å²) in [4.78, 5) is 15.1. The first kappa shape index (κ1) is 23.1. The smallest absolute Gasteiger partial charge is 0.261 e. The zero-order chi connectivity index (χ0) is 22.4. The largest absolute Gasteiger partial charge is 0.494 e. The molecule has 2 aromatic rings. The highest BCUT2D eigenvalue weighted by atomic mass is 32.2. The first-order valence-electron chi connectivity index (χ1n) is 10.7. The Labute approximate surface area is 184 Å². The number of hydrogen-bond acceptors (Lipinski definition) is 5.